The Kier molecular flexibility index (Phi) is 8.06. The van der Waals surface area contributed by atoms with Crippen LogP contribution in [0, 0.1) is 0 Å². The van der Waals surface area contributed by atoms with Crippen LogP contribution in [-0.4, -0.2) is 61.0 Å². The van der Waals surface area contributed by atoms with Crippen molar-refractivity contribution in [3.05, 3.63) is 95.1 Å². The molecule has 0 spiro atoms. The van der Waals surface area contributed by atoms with Gasteiger partial charge in [-0.15, -0.1) is 0 Å². The van der Waals surface area contributed by atoms with Gasteiger partial charge in [-0.05, 0) is 30.7 Å². The van der Waals surface area contributed by atoms with Gasteiger partial charge in [-0.25, -0.2) is 4.98 Å². The zero-order valence-electron chi connectivity index (χ0n) is 21.0. The van der Waals surface area contributed by atoms with Crippen molar-refractivity contribution in [2.24, 2.45) is 0 Å². The molecule has 0 atom stereocenters. The fraction of sp³-hybridized carbons (Fsp3) is 0.276. The van der Waals surface area contributed by atoms with Crippen LogP contribution in [0.3, 0.4) is 0 Å². The van der Waals surface area contributed by atoms with Gasteiger partial charge in [0.05, 0.1) is 29.0 Å². The second-order valence-corrected chi connectivity index (χ2v) is 10.2. The monoisotopic (exact) mass is 553 g/mol. The number of hydrogen-bond donors (Lipinski definition) is 0. The third-order valence-electron chi connectivity index (χ3n) is 6.58. The van der Waals surface area contributed by atoms with Gasteiger partial charge in [0.15, 0.2) is 10.9 Å². The first-order chi connectivity index (χ1) is 18.8. The maximum absolute atomic E-state index is 13.7. The number of fused-ring (bicyclic) bond motifs is 1. The number of anilines is 1. The highest BCUT2D eigenvalue weighted by molar-refractivity contribution is 7.22. The lowest BCUT2D eigenvalue weighted by atomic mass is 10.0. The molecule has 2 heterocycles. The fourth-order valence-corrected chi connectivity index (χ4v) is 5.54. The quantitative estimate of drug-likeness (QED) is 0.254. The van der Waals surface area contributed by atoms with Gasteiger partial charge in [-0.1, -0.05) is 59.9 Å². The minimum absolute atomic E-state index is 0.164. The number of alkyl halides is 3. The lowest BCUT2D eigenvalue weighted by Crippen LogP contribution is -2.39. The summed E-state index contributed by atoms with van der Waals surface area (Å²) >= 11 is 1.06. The highest BCUT2D eigenvalue weighted by Crippen LogP contribution is 2.38. The smallest absolute Gasteiger partial charge is 0.379 e. The zero-order chi connectivity index (χ0) is 27.4. The number of benzene rings is 3. The van der Waals surface area contributed by atoms with Gasteiger partial charge in [0.1, 0.15) is 0 Å². The maximum atomic E-state index is 13.7. The van der Waals surface area contributed by atoms with Crippen LogP contribution in [0.4, 0.5) is 18.3 Å². The number of rotatable bonds is 8. The summed E-state index contributed by atoms with van der Waals surface area (Å²) in [4.78, 5) is 34.4. The molecule has 10 heteroatoms. The van der Waals surface area contributed by atoms with E-state index in [1.165, 1.54) is 11.0 Å². The number of nitrogens with zero attached hydrogens (tertiary/aromatic N) is 3. The van der Waals surface area contributed by atoms with Crippen LogP contribution in [0.25, 0.3) is 10.2 Å². The van der Waals surface area contributed by atoms with E-state index in [0.29, 0.717) is 41.0 Å². The molecule has 1 amide bonds. The molecule has 0 bridgehead atoms. The van der Waals surface area contributed by atoms with Crippen molar-refractivity contribution in [3.63, 3.8) is 0 Å². The summed E-state index contributed by atoms with van der Waals surface area (Å²) in [5.74, 6) is -0.550. The van der Waals surface area contributed by atoms with Crippen LogP contribution in [-0.2, 0) is 10.9 Å². The van der Waals surface area contributed by atoms with Crippen LogP contribution < -0.4 is 4.90 Å². The minimum Gasteiger partial charge on any atom is -0.379 e. The average molecular weight is 554 g/mol. The van der Waals surface area contributed by atoms with Crippen molar-refractivity contribution in [2.75, 3.05) is 44.3 Å². The van der Waals surface area contributed by atoms with Gasteiger partial charge in [0.25, 0.3) is 5.91 Å². The molecule has 0 unspecified atom stereocenters. The summed E-state index contributed by atoms with van der Waals surface area (Å²) in [6.45, 7) is 3.88. The third-order valence-corrected chi connectivity index (χ3v) is 7.62. The Morgan fingerprint density at radius 2 is 1.56 bits per heavy atom. The zero-order valence-corrected chi connectivity index (χ0v) is 21.8. The summed E-state index contributed by atoms with van der Waals surface area (Å²) in [5, 5.41) is 0.207. The molecule has 1 aliphatic rings. The van der Waals surface area contributed by atoms with Crippen LogP contribution in [0.1, 0.15) is 38.3 Å². The van der Waals surface area contributed by atoms with E-state index in [1.807, 2.05) is 6.07 Å². The molecular formula is C29H26F3N3O3S. The molecule has 0 saturated carbocycles. The third kappa shape index (κ3) is 6.19. The molecule has 0 radical (unpaired) electrons. The molecule has 0 aliphatic carbocycles. The lowest BCUT2D eigenvalue weighted by molar-refractivity contribution is -0.136. The number of amides is 1. The second-order valence-electron chi connectivity index (χ2n) is 9.18. The SMILES string of the molecule is O=C(c1ccccc1)c1ccc(C(=O)N(CCCN2CCOCC2)c2nc3c(C(F)(F)F)cccc3s2)cc1. The van der Waals surface area contributed by atoms with Gasteiger partial charge in [0, 0.05) is 42.9 Å². The normalized spacial score (nSPS) is 14.4. The molecule has 202 valence electrons. The van der Waals surface area contributed by atoms with Crippen molar-refractivity contribution in [1.29, 1.82) is 0 Å². The van der Waals surface area contributed by atoms with E-state index in [-0.39, 0.29) is 28.9 Å². The van der Waals surface area contributed by atoms with Crippen LogP contribution in [0.5, 0.6) is 0 Å². The minimum atomic E-state index is -4.56. The van der Waals surface area contributed by atoms with Crippen molar-refractivity contribution in [3.8, 4) is 0 Å². The molecule has 1 aromatic heterocycles. The van der Waals surface area contributed by atoms with Crippen molar-refractivity contribution in [1.82, 2.24) is 9.88 Å². The predicted octanol–water partition coefficient (Wildman–Crippen LogP) is 5.92. The lowest BCUT2D eigenvalue weighted by Gasteiger charge is -2.27. The number of para-hydroxylation sites is 1. The Hall–Kier alpha value is -3.60. The number of halogens is 3. The standard InChI is InChI=1S/C29H26F3N3O3S/c30-29(31,32)23-8-4-9-24-25(23)33-28(39-24)35(15-5-14-34-16-18-38-19-17-34)27(37)22-12-10-21(11-13-22)26(36)20-6-2-1-3-7-20/h1-4,6-13H,5,14-19H2. The van der Waals surface area contributed by atoms with E-state index < -0.39 is 11.7 Å². The molecule has 6 nitrogen and oxygen atoms in total. The summed E-state index contributed by atoms with van der Waals surface area (Å²) in [5.41, 5.74) is 0.302. The number of thiazole rings is 1. The first-order valence-electron chi connectivity index (χ1n) is 12.6. The Bertz CT molecular complexity index is 1450. The molecule has 1 aliphatic heterocycles. The van der Waals surface area contributed by atoms with E-state index in [9.17, 15) is 22.8 Å². The number of ether oxygens (including phenoxy) is 1. The summed E-state index contributed by atoms with van der Waals surface area (Å²) in [7, 11) is 0. The Morgan fingerprint density at radius 3 is 2.26 bits per heavy atom. The molecule has 5 rings (SSSR count). The van der Waals surface area contributed by atoms with Crippen molar-refractivity contribution >= 4 is 38.4 Å². The first kappa shape index (κ1) is 27.0. The van der Waals surface area contributed by atoms with E-state index in [0.717, 1.165) is 37.0 Å². The maximum Gasteiger partial charge on any atom is 0.418 e. The largest absolute Gasteiger partial charge is 0.418 e. The van der Waals surface area contributed by atoms with Crippen LogP contribution in [0.15, 0.2) is 72.8 Å². The van der Waals surface area contributed by atoms with E-state index in [1.54, 1.807) is 54.6 Å². The van der Waals surface area contributed by atoms with E-state index >= 15 is 0 Å². The number of ketones is 1. The van der Waals surface area contributed by atoms with E-state index in [2.05, 4.69) is 9.88 Å². The molecule has 39 heavy (non-hydrogen) atoms. The Labute approximate surface area is 227 Å². The number of aromatic nitrogens is 1. The summed E-state index contributed by atoms with van der Waals surface area (Å²) in [6.07, 6.45) is -3.95. The molecule has 0 N–H and O–H groups in total. The van der Waals surface area contributed by atoms with Gasteiger partial charge in [0.2, 0.25) is 0 Å². The molecule has 4 aromatic rings. The number of carbonyl (C=O) groups excluding carboxylic acids is 2. The highest BCUT2D eigenvalue weighted by Gasteiger charge is 2.34. The Balaban J connectivity index is 1.42. The van der Waals surface area contributed by atoms with Gasteiger partial charge < -0.3 is 4.74 Å². The summed E-state index contributed by atoms with van der Waals surface area (Å²) in [6, 6.07) is 19.1. The van der Waals surface area contributed by atoms with E-state index in [4.69, 9.17) is 4.74 Å². The van der Waals surface area contributed by atoms with Crippen LogP contribution in [0.2, 0.25) is 0 Å². The number of hydrogen-bond acceptors (Lipinski definition) is 6. The first-order valence-corrected chi connectivity index (χ1v) is 13.4. The van der Waals surface area contributed by atoms with Crippen molar-refractivity contribution < 1.29 is 27.5 Å². The Morgan fingerprint density at radius 1 is 0.897 bits per heavy atom. The predicted molar refractivity (Wildman–Crippen MR) is 144 cm³/mol. The summed E-state index contributed by atoms with van der Waals surface area (Å²) < 4.78 is 46.6. The van der Waals surface area contributed by atoms with Gasteiger partial charge in [-0.3, -0.25) is 19.4 Å². The molecular weight excluding hydrogens is 527 g/mol. The van der Waals surface area contributed by atoms with Gasteiger partial charge >= 0.3 is 6.18 Å². The molecule has 3 aromatic carbocycles. The fourth-order valence-electron chi connectivity index (χ4n) is 4.52. The van der Waals surface area contributed by atoms with Crippen molar-refractivity contribution in [2.45, 2.75) is 12.6 Å². The average Bonchev–Trinajstić information content (AvgIpc) is 3.39. The second kappa shape index (κ2) is 11.6. The molecule has 1 fully saturated rings. The number of morpholine rings is 1. The highest BCUT2D eigenvalue weighted by atomic mass is 32.1. The number of carbonyl (C=O) groups is 2. The van der Waals surface area contributed by atoms with Gasteiger partial charge in [-0.2, -0.15) is 13.2 Å². The van der Waals surface area contributed by atoms with Crippen LogP contribution >= 0.6 is 11.3 Å². The topological polar surface area (TPSA) is 62.7 Å². The molecule has 1 saturated heterocycles.